The van der Waals surface area contributed by atoms with Crippen LogP contribution in [-0.4, -0.2) is 54.4 Å². The molecule has 2 aliphatic heterocycles. The fourth-order valence-corrected chi connectivity index (χ4v) is 5.10. The molecule has 5 nitrogen and oxygen atoms in total. The molecular formula is C26H32N2O3. The van der Waals surface area contributed by atoms with Gasteiger partial charge in [0.15, 0.2) is 0 Å². The molecule has 0 aromatic heterocycles. The van der Waals surface area contributed by atoms with Gasteiger partial charge in [0.05, 0.1) is 6.61 Å². The molecule has 164 valence electrons. The highest BCUT2D eigenvalue weighted by atomic mass is 16.5. The minimum absolute atomic E-state index is 0.108. The number of hydrogen-bond acceptors (Lipinski definition) is 3. The molecule has 2 aromatic carbocycles. The first-order valence-corrected chi connectivity index (χ1v) is 11.3. The van der Waals surface area contributed by atoms with Crippen molar-refractivity contribution in [2.24, 2.45) is 17.8 Å². The van der Waals surface area contributed by atoms with E-state index in [1.807, 2.05) is 71.3 Å². The van der Waals surface area contributed by atoms with Crippen LogP contribution >= 0.6 is 0 Å². The summed E-state index contributed by atoms with van der Waals surface area (Å²) in [6.45, 7) is 7.39. The van der Waals surface area contributed by atoms with Crippen LogP contribution in [0.25, 0.3) is 0 Å². The number of amides is 2. The molecule has 2 aromatic rings. The van der Waals surface area contributed by atoms with Crippen molar-refractivity contribution in [1.82, 2.24) is 9.80 Å². The molecule has 2 heterocycles. The first-order chi connectivity index (χ1) is 15.0. The average molecular weight is 421 g/mol. The van der Waals surface area contributed by atoms with Crippen LogP contribution in [0.5, 0.6) is 5.75 Å². The summed E-state index contributed by atoms with van der Waals surface area (Å²) in [6.07, 6.45) is 2.00. The van der Waals surface area contributed by atoms with Crippen molar-refractivity contribution in [2.45, 2.75) is 26.7 Å². The van der Waals surface area contributed by atoms with Crippen LogP contribution in [0.15, 0.2) is 54.6 Å². The highest BCUT2D eigenvalue weighted by Gasteiger charge is 2.41. The van der Waals surface area contributed by atoms with Gasteiger partial charge in [-0.15, -0.1) is 0 Å². The Hall–Kier alpha value is -2.82. The van der Waals surface area contributed by atoms with Crippen molar-refractivity contribution < 1.29 is 14.3 Å². The lowest BCUT2D eigenvalue weighted by Gasteiger charge is -2.36. The summed E-state index contributed by atoms with van der Waals surface area (Å²) < 4.78 is 6.12. The Balaban J connectivity index is 1.47. The van der Waals surface area contributed by atoms with E-state index < -0.39 is 0 Å². The van der Waals surface area contributed by atoms with Crippen molar-refractivity contribution in [3.63, 3.8) is 0 Å². The quantitative estimate of drug-likeness (QED) is 0.734. The first-order valence-electron chi connectivity index (χ1n) is 11.3. The summed E-state index contributed by atoms with van der Waals surface area (Å²) in [5.41, 5.74) is 1.86. The highest BCUT2D eigenvalue weighted by molar-refractivity contribution is 5.94. The third-order valence-corrected chi connectivity index (χ3v) is 6.84. The second kappa shape index (κ2) is 9.54. The monoisotopic (exact) mass is 420 g/mol. The average Bonchev–Trinajstić information content (AvgIpc) is 3.22. The van der Waals surface area contributed by atoms with Crippen LogP contribution in [0.1, 0.15) is 35.7 Å². The van der Waals surface area contributed by atoms with E-state index in [1.54, 1.807) is 6.92 Å². The lowest BCUT2D eigenvalue weighted by atomic mass is 9.78. The van der Waals surface area contributed by atoms with Gasteiger partial charge in [-0.25, -0.2) is 0 Å². The lowest BCUT2D eigenvalue weighted by molar-refractivity contribution is -0.130. The first kappa shape index (κ1) is 21.4. The Morgan fingerprint density at radius 1 is 0.968 bits per heavy atom. The topological polar surface area (TPSA) is 49.9 Å². The standard InChI is InChI=1S/C26H32N2O3/c1-19-7-6-8-22(15-19)26(30)28-16-23(18-31-24-9-4-3-5-10-24)25(17-28)21-11-13-27(14-12-21)20(2)29/h3-10,15,21,23,25H,11-14,16-18H2,1-2H3/t23-,25-/m0/s1. The molecule has 5 heteroatoms. The normalized spacial score (nSPS) is 21.9. The minimum Gasteiger partial charge on any atom is -0.493 e. The number of piperidine rings is 1. The molecular weight excluding hydrogens is 388 g/mol. The van der Waals surface area contributed by atoms with E-state index in [2.05, 4.69) is 0 Å². The molecule has 0 radical (unpaired) electrons. The predicted molar refractivity (Wildman–Crippen MR) is 121 cm³/mol. The maximum absolute atomic E-state index is 13.2. The molecule has 0 saturated carbocycles. The number of hydrogen-bond donors (Lipinski definition) is 0. The molecule has 4 rings (SSSR count). The van der Waals surface area contributed by atoms with Crippen molar-refractivity contribution in [2.75, 3.05) is 32.8 Å². The molecule has 0 unspecified atom stereocenters. The van der Waals surface area contributed by atoms with Crippen molar-refractivity contribution in [3.05, 3.63) is 65.7 Å². The van der Waals surface area contributed by atoms with Crippen LogP contribution in [0.2, 0.25) is 0 Å². The number of para-hydroxylation sites is 1. The van der Waals surface area contributed by atoms with E-state index in [0.29, 0.717) is 24.4 Å². The van der Waals surface area contributed by atoms with E-state index in [0.717, 1.165) is 55.9 Å². The molecule has 0 N–H and O–H groups in total. The number of carbonyl (C=O) groups is 2. The Bertz CT molecular complexity index is 906. The molecule has 2 aliphatic rings. The van der Waals surface area contributed by atoms with E-state index in [4.69, 9.17) is 4.74 Å². The van der Waals surface area contributed by atoms with Crippen molar-refractivity contribution in [3.8, 4) is 5.75 Å². The number of ether oxygens (including phenoxy) is 1. The Kier molecular flexibility index (Phi) is 6.59. The van der Waals surface area contributed by atoms with Crippen LogP contribution in [0, 0.1) is 24.7 Å². The summed E-state index contributed by atoms with van der Waals surface area (Å²) in [6, 6.07) is 17.7. The van der Waals surface area contributed by atoms with Gasteiger partial charge in [-0.3, -0.25) is 9.59 Å². The fourth-order valence-electron chi connectivity index (χ4n) is 5.10. The molecule has 0 aliphatic carbocycles. The molecule has 2 amide bonds. The van der Waals surface area contributed by atoms with E-state index in [-0.39, 0.29) is 11.8 Å². The van der Waals surface area contributed by atoms with Gasteiger partial charge in [-0.1, -0.05) is 35.9 Å². The number of carbonyl (C=O) groups excluding carboxylic acids is 2. The Labute approximate surface area is 185 Å². The van der Waals surface area contributed by atoms with Gasteiger partial charge in [-0.05, 0) is 55.9 Å². The number of likely N-dealkylation sites (tertiary alicyclic amines) is 2. The summed E-state index contributed by atoms with van der Waals surface area (Å²) in [5, 5.41) is 0. The molecule has 0 bridgehead atoms. The summed E-state index contributed by atoms with van der Waals surface area (Å²) >= 11 is 0. The van der Waals surface area contributed by atoms with Crippen LogP contribution in [-0.2, 0) is 4.79 Å². The molecule has 2 fully saturated rings. The number of benzene rings is 2. The van der Waals surface area contributed by atoms with Crippen molar-refractivity contribution >= 4 is 11.8 Å². The van der Waals surface area contributed by atoms with Gasteiger partial charge in [-0.2, -0.15) is 0 Å². The predicted octanol–water partition coefficient (Wildman–Crippen LogP) is 4.02. The fraction of sp³-hybridized carbons (Fsp3) is 0.462. The Morgan fingerprint density at radius 2 is 1.71 bits per heavy atom. The summed E-state index contributed by atoms with van der Waals surface area (Å²) in [4.78, 5) is 28.9. The molecule has 2 atom stereocenters. The third-order valence-electron chi connectivity index (χ3n) is 6.84. The smallest absolute Gasteiger partial charge is 0.253 e. The lowest BCUT2D eigenvalue weighted by Crippen LogP contribution is -2.40. The Morgan fingerprint density at radius 3 is 2.39 bits per heavy atom. The number of aryl methyl sites for hydroxylation is 1. The highest BCUT2D eigenvalue weighted by Crippen LogP contribution is 2.37. The number of rotatable bonds is 5. The zero-order valence-electron chi connectivity index (χ0n) is 18.5. The number of nitrogens with zero attached hydrogens (tertiary/aromatic N) is 2. The zero-order chi connectivity index (χ0) is 21.8. The molecule has 0 spiro atoms. The summed E-state index contributed by atoms with van der Waals surface area (Å²) in [7, 11) is 0. The van der Waals surface area contributed by atoms with Gasteiger partial charge in [0.25, 0.3) is 5.91 Å². The SMILES string of the molecule is CC(=O)N1CCC([C@@H]2CN(C(=O)c3cccc(C)c3)C[C@H]2COc2ccccc2)CC1. The van der Waals surface area contributed by atoms with Gasteiger partial charge in [0, 0.05) is 44.6 Å². The molecule has 31 heavy (non-hydrogen) atoms. The maximum Gasteiger partial charge on any atom is 0.253 e. The van der Waals surface area contributed by atoms with Gasteiger partial charge in [0.2, 0.25) is 5.91 Å². The van der Waals surface area contributed by atoms with Crippen molar-refractivity contribution in [1.29, 1.82) is 0 Å². The van der Waals surface area contributed by atoms with Gasteiger partial charge in [0.1, 0.15) is 5.75 Å². The van der Waals surface area contributed by atoms with Gasteiger partial charge >= 0.3 is 0 Å². The second-order valence-corrected chi connectivity index (χ2v) is 8.97. The van der Waals surface area contributed by atoms with Gasteiger partial charge < -0.3 is 14.5 Å². The minimum atomic E-state index is 0.108. The van der Waals surface area contributed by atoms with E-state index in [1.165, 1.54) is 0 Å². The zero-order valence-corrected chi connectivity index (χ0v) is 18.5. The van der Waals surface area contributed by atoms with E-state index in [9.17, 15) is 9.59 Å². The third kappa shape index (κ3) is 5.09. The maximum atomic E-state index is 13.2. The van der Waals surface area contributed by atoms with Crippen LogP contribution in [0.3, 0.4) is 0 Å². The summed E-state index contributed by atoms with van der Waals surface area (Å²) in [5.74, 6) is 2.34. The molecule has 2 saturated heterocycles. The largest absolute Gasteiger partial charge is 0.493 e. The van der Waals surface area contributed by atoms with E-state index >= 15 is 0 Å². The van der Waals surface area contributed by atoms with Crippen LogP contribution < -0.4 is 4.74 Å². The van der Waals surface area contributed by atoms with Crippen LogP contribution in [0.4, 0.5) is 0 Å². The second-order valence-electron chi connectivity index (χ2n) is 8.97.